The van der Waals surface area contributed by atoms with E-state index in [9.17, 15) is 9.90 Å². The maximum atomic E-state index is 12.0. The number of aryl methyl sites for hydroxylation is 1. The molecule has 0 saturated heterocycles. The van der Waals surface area contributed by atoms with Crippen molar-refractivity contribution in [1.29, 1.82) is 0 Å². The Hall–Kier alpha value is -1.95. The first-order valence-corrected chi connectivity index (χ1v) is 6.33. The highest BCUT2D eigenvalue weighted by Gasteiger charge is 2.42. The zero-order valence-electron chi connectivity index (χ0n) is 10.7. The number of hydrogen-bond acceptors (Lipinski definition) is 4. The third-order valence-electron chi connectivity index (χ3n) is 3.78. The predicted molar refractivity (Wildman–Crippen MR) is 69.7 cm³/mol. The third kappa shape index (κ3) is 2.19. The fourth-order valence-corrected chi connectivity index (χ4v) is 2.08. The van der Waals surface area contributed by atoms with Crippen LogP contribution in [0.5, 0.6) is 0 Å². The molecule has 100 valence electrons. The van der Waals surface area contributed by atoms with E-state index in [-0.39, 0.29) is 17.9 Å². The van der Waals surface area contributed by atoms with Crippen LogP contribution in [0.2, 0.25) is 0 Å². The monoisotopic (exact) mass is 260 g/mol. The Labute approximate surface area is 110 Å². The van der Waals surface area contributed by atoms with E-state index in [4.69, 9.17) is 0 Å². The van der Waals surface area contributed by atoms with Crippen molar-refractivity contribution < 1.29 is 9.90 Å². The molecule has 0 aliphatic heterocycles. The van der Waals surface area contributed by atoms with Gasteiger partial charge in [-0.25, -0.2) is 4.98 Å². The molecular formula is C13H16N4O2. The smallest absolute Gasteiger partial charge is 0.252 e. The lowest BCUT2D eigenvalue weighted by atomic mass is 10.1. The van der Waals surface area contributed by atoms with Crippen molar-refractivity contribution in [2.24, 2.45) is 5.41 Å². The average Bonchev–Trinajstić information content (AvgIpc) is 3.14. The zero-order chi connectivity index (χ0) is 13.5. The normalized spacial score (nSPS) is 16.5. The minimum atomic E-state index is -0.158. The van der Waals surface area contributed by atoms with Crippen molar-refractivity contribution in [3.8, 4) is 0 Å². The Morgan fingerprint density at radius 2 is 2.37 bits per heavy atom. The number of aliphatic hydroxyl groups excluding tert-OH is 1. The van der Waals surface area contributed by atoms with Crippen LogP contribution in [0.15, 0.2) is 12.3 Å². The number of aromatic amines is 1. The molecule has 0 bridgehead atoms. The van der Waals surface area contributed by atoms with Gasteiger partial charge < -0.3 is 10.4 Å². The summed E-state index contributed by atoms with van der Waals surface area (Å²) in [6.07, 6.45) is 3.47. The highest BCUT2D eigenvalue weighted by Crippen LogP contribution is 2.44. The summed E-state index contributed by atoms with van der Waals surface area (Å²) in [5, 5.41) is 19.8. The van der Waals surface area contributed by atoms with Crippen LogP contribution >= 0.6 is 0 Å². The number of H-pyrrole nitrogens is 1. The van der Waals surface area contributed by atoms with Crippen molar-refractivity contribution in [3.63, 3.8) is 0 Å². The largest absolute Gasteiger partial charge is 0.396 e. The average molecular weight is 260 g/mol. The molecule has 3 rings (SSSR count). The molecule has 19 heavy (non-hydrogen) atoms. The lowest BCUT2D eigenvalue weighted by Crippen LogP contribution is -2.31. The molecule has 2 aromatic heterocycles. The van der Waals surface area contributed by atoms with Crippen LogP contribution in [0.1, 0.15) is 28.9 Å². The number of aromatic nitrogens is 3. The second kappa shape index (κ2) is 4.31. The molecule has 1 aliphatic rings. The molecular weight excluding hydrogens is 244 g/mol. The summed E-state index contributed by atoms with van der Waals surface area (Å²) in [6.45, 7) is 2.54. The van der Waals surface area contributed by atoms with Crippen LogP contribution in [0.4, 0.5) is 0 Å². The molecule has 1 fully saturated rings. The van der Waals surface area contributed by atoms with E-state index in [0.29, 0.717) is 17.8 Å². The number of carbonyl (C=O) groups excluding carboxylic acids is 1. The Balaban J connectivity index is 1.75. The number of aliphatic hydroxyl groups is 1. The molecule has 0 unspecified atom stereocenters. The topological polar surface area (TPSA) is 90.9 Å². The molecule has 0 radical (unpaired) electrons. The first kappa shape index (κ1) is 12.1. The first-order chi connectivity index (χ1) is 9.13. The van der Waals surface area contributed by atoms with Gasteiger partial charge in [-0.15, -0.1) is 0 Å². The van der Waals surface area contributed by atoms with Crippen LogP contribution < -0.4 is 5.32 Å². The third-order valence-corrected chi connectivity index (χ3v) is 3.78. The summed E-state index contributed by atoms with van der Waals surface area (Å²) < 4.78 is 0. The van der Waals surface area contributed by atoms with Gasteiger partial charge in [-0.2, -0.15) is 5.10 Å². The molecule has 1 aliphatic carbocycles. The van der Waals surface area contributed by atoms with Crippen molar-refractivity contribution in [2.45, 2.75) is 19.8 Å². The lowest BCUT2D eigenvalue weighted by molar-refractivity contribution is 0.0935. The highest BCUT2D eigenvalue weighted by molar-refractivity contribution is 5.97. The number of rotatable bonds is 4. The molecule has 2 aromatic rings. The van der Waals surface area contributed by atoms with Crippen molar-refractivity contribution in [1.82, 2.24) is 20.5 Å². The Morgan fingerprint density at radius 1 is 1.58 bits per heavy atom. The molecule has 0 aromatic carbocycles. The summed E-state index contributed by atoms with van der Waals surface area (Å²) >= 11 is 0. The minimum Gasteiger partial charge on any atom is -0.396 e. The Bertz CT molecular complexity index is 631. The molecule has 1 saturated carbocycles. The predicted octanol–water partition coefficient (Wildman–Crippen LogP) is 0.769. The number of pyridine rings is 1. The summed E-state index contributed by atoms with van der Waals surface area (Å²) in [5.74, 6) is -0.158. The first-order valence-electron chi connectivity index (χ1n) is 6.33. The van der Waals surface area contributed by atoms with Crippen LogP contribution in [0.25, 0.3) is 11.0 Å². The number of carbonyl (C=O) groups is 1. The van der Waals surface area contributed by atoms with Crippen molar-refractivity contribution >= 4 is 16.9 Å². The fraction of sp³-hybridized carbons (Fsp3) is 0.462. The Morgan fingerprint density at radius 3 is 3.05 bits per heavy atom. The summed E-state index contributed by atoms with van der Waals surface area (Å²) in [4.78, 5) is 16.2. The van der Waals surface area contributed by atoms with E-state index >= 15 is 0 Å². The van der Waals surface area contributed by atoms with E-state index in [1.807, 2.05) is 6.92 Å². The molecule has 3 N–H and O–H groups in total. The Kier molecular flexibility index (Phi) is 2.74. The van der Waals surface area contributed by atoms with E-state index in [1.54, 1.807) is 6.07 Å². The SMILES string of the molecule is Cc1[nH]nc2ncc(C(=O)NCC3(CO)CC3)cc12. The van der Waals surface area contributed by atoms with Gasteiger partial charge in [0.2, 0.25) is 0 Å². The van der Waals surface area contributed by atoms with E-state index in [0.717, 1.165) is 23.9 Å². The number of amides is 1. The van der Waals surface area contributed by atoms with Gasteiger partial charge in [0.1, 0.15) is 0 Å². The molecule has 1 amide bonds. The second-order valence-electron chi connectivity index (χ2n) is 5.28. The molecule has 6 heteroatoms. The number of nitrogens with one attached hydrogen (secondary N) is 2. The highest BCUT2D eigenvalue weighted by atomic mass is 16.3. The lowest BCUT2D eigenvalue weighted by Gasteiger charge is -2.12. The van der Waals surface area contributed by atoms with Gasteiger partial charge in [0.05, 0.1) is 12.2 Å². The maximum Gasteiger partial charge on any atom is 0.252 e. The number of nitrogens with zero attached hydrogens (tertiary/aromatic N) is 2. The van der Waals surface area contributed by atoms with E-state index < -0.39 is 0 Å². The summed E-state index contributed by atoms with van der Waals surface area (Å²) in [5.41, 5.74) is 1.94. The maximum absolute atomic E-state index is 12.0. The minimum absolute atomic E-state index is 0.0846. The van der Waals surface area contributed by atoms with Gasteiger partial charge in [0, 0.05) is 29.2 Å². The van der Waals surface area contributed by atoms with Crippen molar-refractivity contribution in [2.75, 3.05) is 13.2 Å². The van der Waals surface area contributed by atoms with Gasteiger partial charge in [0.25, 0.3) is 5.91 Å². The van der Waals surface area contributed by atoms with Crippen LogP contribution in [0.3, 0.4) is 0 Å². The quantitative estimate of drug-likeness (QED) is 0.757. The van der Waals surface area contributed by atoms with E-state index in [1.165, 1.54) is 6.20 Å². The van der Waals surface area contributed by atoms with Gasteiger partial charge in [-0.1, -0.05) is 0 Å². The molecule has 6 nitrogen and oxygen atoms in total. The summed E-state index contributed by atoms with van der Waals surface area (Å²) in [6, 6.07) is 1.79. The molecule has 2 heterocycles. The second-order valence-corrected chi connectivity index (χ2v) is 5.28. The van der Waals surface area contributed by atoms with Gasteiger partial charge in [-0.3, -0.25) is 9.89 Å². The van der Waals surface area contributed by atoms with E-state index in [2.05, 4.69) is 20.5 Å². The van der Waals surface area contributed by atoms with Gasteiger partial charge in [-0.05, 0) is 25.8 Å². The van der Waals surface area contributed by atoms with Crippen LogP contribution in [-0.4, -0.2) is 39.3 Å². The van der Waals surface area contributed by atoms with Crippen LogP contribution in [0, 0.1) is 12.3 Å². The van der Waals surface area contributed by atoms with Gasteiger partial charge in [0.15, 0.2) is 5.65 Å². The number of hydrogen-bond donors (Lipinski definition) is 3. The molecule has 0 atom stereocenters. The van der Waals surface area contributed by atoms with Gasteiger partial charge >= 0.3 is 0 Å². The standard InChI is InChI=1S/C13H16N4O2/c1-8-10-4-9(5-14-11(10)17-16-8)12(19)15-6-13(7-18)2-3-13/h4-5,18H,2-3,6-7H2,1H3,(H,15,19)(H,14,16,17). The van der Waals surface area contributed by atoms with Crippen LogP contribution in [-0.2, 0) is 0 Å². The fourth-order valence-electron chi connectivity index (χ4n) is 2.08. The zero-order valence-corrected chi connectivity index (χ0v) is 10.7. The molecule has 0 spiro atoms. The summed E-state index contributed by atoms with van der Waals surface area (Å²) in [7, 11) is 0. The van der Waals surface area contributed by atoms with Crippen molar-refractivity contribution in [3.05, 3.63) is 23.5 Å². The number of fused-ring (bicyclic) bond motifs is 1.